The van der Waals surface area contributed by atoms with E-state index in [0.717, 1.165) is 25.2 Å². The van der Waals surface area contributed by atoms with Gasteiger partial charge in [0.25, 0.3) is 0 Å². The van der Waals surface area contributed by atoms with E-state index < -0.39 is 0 Å². The molecule has 0 saturated carbocycles. The third-order valence-electron chi connectivity index (χ3n) is 5.19. The summed E-state index contributed by atoms with van der Waals surface area (Å²) in [6.45, 7) is 10.5. The molecule has 3 rings (SSSR count). The minimum atomic E-state index is 0.449. The first kappa shape index (κ1) is 14.8. The van der Waals surface area contributed by atoms with E-state index in [0.29, 0.717) is 6.10 Å². The second-order valence-electron chi connectivity index (χ2n) is 6.78. The summed E-state index contributed by atoms with van der Waals surface area (Å²) in [5, 5.41) is 3.66. The van der Waals surface area contributed by atoms with E-state index in [9.17, 15) is 0 Å². The molecular weight excluding hydrogens is 250 g/mol. The van der Waals surface area contributed by atoms with Gasteiger partial charge in [0.1, 0.15) is 0 Å². The van der Waals surface area contributed by atoms with Gasteiger partial charge in [0, 0.05) is 25.2 Å². The minimum Gasteiger partial charge on any atom is -0.374 e. The third-order valence-corrected chi connectivity index (χ3v) is 5.19. The molecule has 3 saturated heterocycles. The Morgan fingerprint density at radius 3 is 2.80 bits per heavy atom. The van der Waals surface area contributed by atoms with Gasteiger partial charge in [0.05, 0.1) is 12.7 Å². The predicted molar refractivity (Wildman–Crippen MR) is 82.1 cm³/mol. The summed E-state index contributed by atoms with van der Waals surface area (Å²) in [5.74, 6) is 0. The monoisotopic (exact) mass is 281 g/mol. The van der Waals surface area contributed by atoms with Gasteiger partial charge in [-0.05, 0) is 58.3 Å². The normalized spacial score (nSPS) is 33.5. The largest absolute Gasteiger partial charge is 0.374 e. The van der Waals surface area contributed by atoms with Crippen LogP contribution >= 0.6 is 0 Å². The number of nitrogens with one attached hydrogen (secondary N) is 1. The van der Waals surface area contributed by atoms with Crippen LogP contribution in [0.1, 0.15) is 39.0 Å². The Hall–Kier alpha value is -0.160. The SMILES string of the molecule is CCCNC1CCN(CC2CN3CCCC3CO2)CC1. The summed E-state index contributed by atoms with van der Waals surface area (Å²) in [6.07, 6.45) is 7.02. The first-order chi connectivity index (χ1) is 9.85. The van der Waals surface area contributed by atoms with Gasteiger partial charge in [-0.2, -0.15) is 0 Å². The average Bonchev–Trinajstić information content (AvgIpc) is 2.94. The zero-order chi connectivity index (χ0) is 13.8. The number of piperidine rings is 1. The Morgan fingerprint density at radius 1 is 1.15 bits per heavy atom. The molecule has 0 aliphatic carbocycles. The molecule has 3 heterocycles. The van der Waals surface area contributed by atoms with Crippen LogP contribution in [0.4, 0.5) is 0 Å². The first-order valence-electron chi connectivity index (χ1n) is 8.66. The van der Waals surface area contributed by atoms with Crippen molar-refractivity contribution in [3.63, 3.8) is 0 Å². The fourth-order valence-corrected chi connectivity index (χ4v) is 3.95. The number of hydrogen-bond donors (Lipinski definition) is 1. The van der Waals surface area contributed by atoms with Crippen molar-refractivity contribution in [2.24, 2.45) is 0 Å². The molecule has 3 fully saturated rings. The first-order valence-corrected chi connectivity index (χ1v) is 8.66. The van der Waals surface area contributed by atoms with Crippen LogP contribution in [0.15, 0.2) is 0 Å². The fourth-order valence-electron chi connectivity index (χ4n) is 3.95. The van der Waals surface area contributed by atoms with Crippen molar-refractivity contribution in [3.8, 4) is 0 Å². The number of likely N-dealkylation sites (tertiary alicyclic amines) is 1. The highest BCUT2D eigenvalue weighted by atomic mass is 16.5. The number of fused-ring (bicyclic) bond motifs is 1. The topological polar surface area (TPSA) is 27.7 Å². The Labute approximate surface area is 123 Å². The van der Waals surface area contributed by atoms with E-state index in [-0.39, 0.29) is 0 Å². The van der Waals surface area contributed by atoms with Gasteiger partial charge in [-0.15, -0.1) is 0 Å². The summed E-state index contributed by atoms with van der Waals surface area (Å²) in [6, 6.07) is 1.48. The molecule has 116 valence electrons. The van der Waals surface area contributed by atoms with E-state index in [2.05, 4.69) is 22.0 Å². The third kappa shape index (κ3) is 3.73. The van der Waals surface area contributed by atoms with Crippen molar-refractivity contribution in [1.82, 2.24) is 15.1 Å². The van der Waals surface area contributed by atoms with Gasteiger partial charge >= 0.3 is 0 Å². The highest BCUT2D eigenvalue weighted by Gasteiger charge is 2.33. The molecule has 0 bridgehead atoms. The molecule has 3 aliphatic heterocycles. The minimum absolute atomic E-state index is 0.449. The summed E-state index contributed by atoms with van der Waals surface area (Å²) >= 11 is 0. The van der Waals surface area contributed by atoms with Crippen LogP contribution < -0.4 is 5.32 Å². The van der Waals surface area contributed by atoms with E-state index in [1.807, 2.05) is 0 Å². The molecule has 1 N–H and O–H groups in total. The number of hydrogen-bond acceptors (Lipinski definition) is 4. The number of ether oxygens (including phenoxy) is 1. The van der Waals surface area contributed by atoms with Crippen LogP contribution in [-0.2, 0) is 4.74 Å². The summed E-state index contributed by atoms with van der Waals surface area (Å²) in [4.78, 5) is 5.27. The zero-order valence-corrected chi connectivity index (χ0v) is 13.0. The quantitative estimate of drug-likeness (QED) is 0.822. The summed E-state index contributed by atoms with van der Waals surface area (Å²) in [7, 11) is 0. The summed E-state index contributed by atoms with van der Waals surface area (Å²) < 4.78 is 6.09. The van der Waals surface area contributed by atoms with E-state index in [1.54, 1.807) is 0 Å². The summed E-state index contributed by atoms with van der Waals surface area (Å²) in [5.41, 5.74) is 0. The molecule has 4 heteroatoms. The van der Waals surface area contributed by atoms with Crippen molar-refractivity contribution in [2.75, 3.05) is 45.9 Å². The molecule has 0 amide bonds. The van der Waals surface area contributed by atoms with Crippen LogP contribution in [0.5, 0.6) is 0 Å². The average molecular weight is 281 g/mol. The molecular formula is C16H31N3O. The van der Waals surface area contributed by atoms with Gasteiger partial charge in [0.15, 0.2) is 0 Å². The van der Waals surface area contributed by atoms with Gasteiger partial charge in [-0.25, -0.2) is 0 Å². The second-order valence-corrected chi connectivity index (χ2v) is 6.78. The molecule has 2 atom stereocenters. The molecule has 0 aromatic rings. The van der Waals surface area contributed by atoms with Crippen LogP contribution in [-0.4, -0.2) is 73.9 Å². The lowest BCUT2D eigenvalue weighted by molar-refractivity contribution is -0.0632. The molecule has 0 aromatic carbocycles. The maximum absolute atomic E-state index is 6.09. The lowest BCUT2D eigenvalue weighted by Gasteiger charge is -2.39. The van der Waals surface area contributed by atoms with Crippen molar-refractivity contribution in [1.29, 1.82) is 0 Å². The smallest absolute Gasteiger partial charge is 0.0829 e. The molecule has 20 heavy (non-hydrogen) atoms. The molecule has 0 radical (unpaired) electrons. The Kier molecular flexibility index (Phi) is 5.32. The Morgan fingerprint density at radius 2 is 2.00 bits per heavy atom. The van der Waals surface area contributed by atoms with Crippen molar-refractivity contribution in [2.45, 2.75) is 57.2 Å². The molecule has 0 spiro atoms. The fraction of sp³-hybridized carbons (Fsp3) is 1.00. The maximum Gasteiger partial charge on any atom is 0.0829 e. The lowest BCUT2D eigenvalue weighted by atomic mass is 10.0. The van der Waals surface area contributed by atoms with Gasteiger partial charge in [-0.3, -0.25) is 4.90 Å². The zero-order valence-electron chi connectivity index (χ0n) is 13.0. The van der Waals surface area contributed by atoms with Crippen molar-refractivity contribution < 1.29 is 4.74 Å². The maximum atomic E-state index is 6.09. The molecule has 4 nitrogen and oxygen atoms in total. The van der Waals surface area contributed by atoms with Crippen LogP contribution in [0.25, 0.3) is 0 Å². The van der Waals surface area contributed by atoms with Gasteiger partial charge in [-0.1, -0.05) is 6.92 Å². The van der Waals surface area contributed by atoms with Crippen molar-refractivity contribution >= 4 is 0 Å². The Balaban J connectivity index is 1.37. The lowest BCUT2D eigenvalue weighted by Crippen LogP contribution is -2.52. The number of nitrogens with zero attached hydrogens (tertiary/aromatic N) is 2. The van der Waals surface area contributed by atoms with Crippen LogP contribution in [0.3, 0.4) is 0 Å². The number of rotatable bonds is 5. The van der Waals surface area contributed by atoms with Gasteiger partial charge < -0.3 is 15.0 Å². The van der Waals surface area contributed by atoms with Gasteiger partial charge in [0.2, 0.25) is 0 Å². The molecule has 2 unspecified atom stereocenters. The van der Waals surface area contributed by atoms with E-state index in [1.165, 1.54) is 64.8 Å². The van der Waals surface area contributed by atoms with Crippen LogP contribution in [0.2, 0.25) is 0 Å². The van der Waals surface area contributed by atoms with Crippen molar-refractivity contribution in [3.05, 3.63) is 0 Å². The van der Waals surface area contributed by atoms with E-state index >= 15 is 0 Å². The second kappa shape index (κ2) is 7.21. The standard InChI is InChI=1S/C16H31N3O/c1-2-7-17-14-5-9-18(10-6-14)11-16-12-19-8-3-4-15(19)13-20-16/h14-17H,2-13H2,1H3. The molecule has 0 aromatic heterocycles. The molecule has 3 aliphatic rings. The van der Waals surface area contributed by atoms with Crippen LogP contribution in [0, 0.1) is 0 Å². The highest BCUT2D eigenvalue weighted by Crippen LogP contribution is 2.23. The highest BCUT2D eigenvalue weighted by molar-refractivity contribution is 4.87. The predicted octanol–water partition coefficient (Wildman–Crippen LogP) is 1.31. The van der Waals surface area contributed by atoms with E-state index in [4.69, 9.17) is 4.74 Å². The Bertz CT molecular complexity index is 291. The number of morpholine rings is 1.